The molecule has 0 spiro atoms. The predicted octanol–water partition coefficient (Wildman–Crippen LogP) is 3.22. The maximum atomic E-state index is 13.7. The molecule has 1 aromatic carbocycles. The summed E-state index contributed by atoms with van der Waals surface area (Å²) in [6.45, 7) is 2.60. The molecule has 0 aromatic heterocycles. The van der Waals surface area contributed by atoms with Crippen molar-refractivity contribution in [1.29, 1.82) is 0 Å². The Morgan fingerprint density at radius 2 is 2.25 bits per heavy atom. The summed E-state index contributed by atoms with van der Waals surface area (Å²) in [4.78, 5) is 12.1. The molecule has 0 radical (unpaired) electrons. The molecule has 1 aliphatic heterocycles. The van der Waals surface area contributed by atoms with Crippen LogP contribution in [0.1, 0.15) is 37.8 Å². The van der Waals surface area contributed by atoms with E-state index in [-0.39, 0.29) is 24.4 Å². The monoisotopic (exact) mass is 320 g/mol. The summed E-state index contributed by atoms with van der Waals surface area (Å²) in [5, 5.41) is 6.33. The number of benzene rings is 1. The van der Waals surface area contributed by atoms with Crippen LogP contribution in [0.25, 0.3) is 0 Å². The van der Waals surface area contributed by atoms with Crippen molar-refractivity contribution in [2.75, 3.05) is 6.54 Å². The summed E-state index contributed by atoms with van der Waals surface area (Å²) in [6, 6.07) is 3.91. The van der Waals surface area contributed by atoms with Crippen LogP contribution in [0.2, 0.25) is 5.02 Å². The van der Waals surface area contributed by atoms with Crippen molar-refractivity contribution in [2.24, 2.45) is 0 Å². The van der Waals surface area contributed by atoms with Gasteiger partial charge in [-0.05, 0) is 38.4 Å². The minimum absolute atomic E-state index is 0. The third-order valence-corrected chi connectivity index (χ3v) is 3.75. The third kappa shape index (κ3) is 4.08. The van der Waals surface area contributed by atoms with Gasteiger partial charge in [-0.15, -0.1) is 12.4 Å². The summed E-state index contributed by atoms with van der Waals surface area (Å²) in [6.07, 6.45) is 2.96. The predicted molar refractivity (Wildman–Crippen MR) is 80.9 cm³/mol. The van der Waals surface area contributed by atoms with Gasteiger partial charge in [0.15, 0.2) is 0 Å². The molecule has 3 nitrogen and oxygen atoms in total. The molecule has 1 saturated heterocycles. The van der Waals surface area contributed by atoms with Crippen LogP contribution in [0.15, 0.2) is 18.2 Å². The second kappa shape index (κ2) is 7.81. The number of piperidine rings is 1. The molecule has 112 valence electrons. The molecule has 0 saturated carbocycles. The molecular formula is C14H19Cl2FN2O. The van der Waals surface area contributed by atoms with E-state index in [9.17, 15) is 9.18 Å². The van der Waals surface area contributed by atoms with Crippen molar-refractivity contribution >= 4 is 29.9 Å². The van der Waals surface area contributed by atoms with Crippen molar-refractivity contribution in [3.05, 3.63) is 34.6 Å². The van der Waals surface area contributed by atoms with Gasteiger partial charge >= 0.3 is 0 Å². The van der Waals surface area contributed by atoms with Gasteiger partial charge in [0.25, 0.3) is 0 Å². The molecule has 2 N–H and O–H groups in total. The first-order chi connectivity index (χ1) is 9.09. The van der Waals surface area contributed by atoms with Crippen molar-refractivity contribution in [3.8, 4) is 0 Å². The second-order valence-corrected chi connectivity index (χ2v) is 5.28. The molecule has 2 unspecified atom stereocenters. The largest absolute Gasteiger partial charge is 0.348 e. The van der Waals surface area contributed by atoms with Crippen molar-refractivity contribution in [1.82, 2.24) is 10.6 Å². The van der Waals surface area contributed by atoms with Crippen LogP contribution in [0.4, 0.5) is 4.39 Å². The van der Waals surface area contributed by atoms with E-state index in [2.05, 4.69) is 10.6 Å². The Kier molecular flexibility index (Phi) is 6.72. The Bertz CT molecular complexity index is 444. The Morgan fingerprint density at radius 3 is 2.85 bits per heavy atom. The van der Waals surface area contributed by atoms with E-state index in [4.69, 9.17) is 11.6 Å². The van der Waals surface area contributed by atoms with E-state index in [1.807, 2.05) is 0 Å². The summed E-state index contributed by atoms with van der Waals surface area (Å²) in [7, 11) is 0. The molecule has 2 rings (SSSR count). The Labute approximate surface area is 129 Å². The Hall–Kier alpha value is -0.840. The first-order valence-corrected chi connectivity index (χ1v) is 6.95. The standard InChI is InChI=1S/C14H18ClFN2O.ClH/c1-9(13-10(15)5-4-6-11(13)16)18-14(19)12-7-2-3-8-17-12;/h4-6,9,12,17H,2-3,7-8H2,1H3,(H,18,19);1H. The first-order valence-electron chi connectivity index (χ1n) is 6.57. The van der Waals surface area contributed by atoms with E-state index in [1.54, 1.807) is 19.1 Å². The molecular weight excluding hydrogens is 302 g/mol. The molecule has 1 heterocycles. The number of nitrogens with one attached hydrogen (secondary N) is 2. The van der Waals surface area contributed by atoms with Crippen LogP contribution < -0.4 is 10.6 Å². The van der Waals surface area contributed by atoms with Gasteiger partial charge in [0.2, 0.25) is 5.91 Å². The number of hydrogen-bond acceptors (Lipinski definition) is 2. The summed E-state index contributed by atoms with van der Waals surface area (Å²) in [5.74, 6) is -0.483. The van der Waals surface area contributed by atoms with Crippen LogP contribution in [-0.4, -0.2) is 18.5 Å². The molecule has 2 atom stereocenters. The van der Waals surface area contributed by atoms with Gasteiger partial charge in [0.1, 0.15) is 5.82 Å². The maximum Gasteiger partial charge on any atom is 0.237 e. The molecule has 1 amide bonds. The number of carbonyl (C=O) groups excluding carboxylic acids is 1. The van der Waals surface area contributed by atoms with Crippen LogP contribution >= 0.6 is 24.0 Å². The van der Waals surface area contributed by atoms with Crippen LogP contribution in [0, 0.1) is 5.82 Å². The average Bonchev–Trinajstić information content (AvgIpc) is 2.39. The summed E-state index contributed by atoms with van der Waals surface area (Å²) < 4.78 is 13.7. The van der Waals surface area contributed by atoms with E-state index >= 15 is 0 Å². The summed E-state index contributed by atoms with van der Waals surface area (Å²) >= 11 is 5.99. The lowest BCUT2D eigenvalue weighted by Gasteiger charge is -2.25. The fourth-order valence-electron chi connectivity index (χ4n) is 2.39. The van der Waals surface area contributed by atoms with Crippen molar-refractivity contribution < 1.29 is 9.18 Å². The van der Waals surface area contributed by atoms with Gasteiger partial charge < -0.3 is 10.6 Å². The highest BCUT2D eigenvalue weighted by Crippen LogP contribution is 2.25. The first kappa shape index (κ1) is 17.2. The molecule has 20 heavy (non-hydrogen) atoms. The van der Waals surface area contributed by atoms with E-state index in [0.29, 0.717) is 10.6 Å². The highest BCUT2D eigenvalue weighted by atomic mass is 35.5. The van der Waals surface area contributed by atoms with Gasteiger partial charge in [0.05, 0.1) is 12.1 Å². The number of hydrogen-bond donors (Lipinski definition) is 2. The lowest BCUT2D eigenvalue weighted by Crippen LogP contribution is -2.47. The molecule has 6 heteroatoms. The number of carbonyl (C=O) groups is 1. The maximum absolute atomic E-state index is 13.7. The second-order valence-electron chi connectivity index (χ2n) is 4.87. The quantitative estimate of drug-likeness (QED) is 0.897. The van der Waals surface area contributed by atoms with Crippen molar-refractivity contribution in [2.45, 2.75) is 38.3 Å². The van der Waals surface area contributed by atoms with E-state index in [0.717, 1.165) is 25.8 Å². The van der Waals surface area contributed by atoms with Crippen LogP contribution in [0.5, 0.6) is 0 Å². The zero-order chi connectivity index (χ0) is 13.8. The van der Waals surface area contributed by atoms with Gasteiger partial charge in [-0.3, -0.25) is 4.79 Å². The third-order valence-electron chi connectivity index (χ3n) is 3.42. The van der Waals surface area contributed by atoms with Crippen LogP contribution in [-0.2, 0) is 4.79 Å². The molecule has 1 aromatic rings. The number of halogens is 3. The zero-order valence-electron chi connectivity index (χ0n) is 11.3. The smallest absolute Gasteiger partial charge is 0.237 e. The molecule has 1 fully saturated rings. The minimum Gasteiger partial charge on any atom is -0.348 e. The Balaban J connectivity index is 0.00000200. The summed E-state index contributed by atoms with van der Waals surface area (Å²) in [5.41, 5.74) is 0.341. The topological polar surface area (TPSA) is 41.1 Å². The van der Waals surface area contributed by atoms with Gasteiger partial charge in [-0.25, -0.2) is 4.39 Å². The van der Waals surface area contributed by atoms with Gasteiger partial charge in [-0.2, -0.15) is 0 Å². The lowest BCUT2D eigenvalue weighted by molar-refractivity contribution is -0.124. The average molecular weight is 321 g/mol. The number of rotatable bonds is 3. The van der Waals surface area contributed by atoms with Crippen molar-refractivity contribution in [3.63, 3.8) is 0 Å². The lowest BCUT2D eigenvalue weighted by atomic mass is 10.0. The SMILES string of the molecule is CC(NC(=O)C1CCCCN1)c1c(F)cccc1Cl.Cl. The molecule has 1 aliphatic rings. The van der Waals surface area contributed by atoms with Gasteiger partial charge in [-0.1, -0.05) is 24.1 Å². The fourth-order valence-corrected chi connectivity index (χ4v) is 2.71. The minimum atomic E-state index is -0.440. The molecule has 0 aliphatic carbocycles. The highest BCUT2D eigenvalue weighted by molar-refractivity contribution is 6.31. The fraction of sp³-hybridized carbons (Fsp3) is 0.500. The van der Waals surface area contributed by atoms with Gasteiger partial charge in [0, 0.05) is 10.6 Å². The Morgan fingerprint density at radius 1 is 1.50 bits per heavy atom. The normalized spacial score (nSPS) is 19.9. The zero-order valence-corrected chi connectivity index (χ0v) is 12.9. The van der Waals surface area contributed by atoms with E-state index in [1.165, 1.54) is 6.07 Å². The number of amides is 1. The van der Waals surface area contributed by atoms with E-state index < -0.39 is 11.9 Å². The molecule has 0 bridgehead atoms. The highest BCUT2D eigenvalue weighted by Gasteiger charge is 2.23. The van der Waals surface area contributed by atoms with Crippen LogP contribution in [0.3, 0.4) is 0 Å².